The molecule has 0 bridgehead atoms. The van der Waals surface area contributed by atoms with Gasteiger partial charge in [-0.2, -0.15) is 11.8 Å². The highest BCUT2D eigenvalue weighted by atomic mass is 32.2. The lowest BCUT2D eigenvalue weighted by Gasteiger charge is -2.12. The molecule has 0 saturated heterocycles. The maximum atomic E-state index is 5.34. The highest BCUT2D eigenvalue weighted by Gasteiger charge is 2.16. The first kappa shape index (κ1) is 9.95. The third-order valence-corrected chi connectivity index (χ3v) is 3.82. The van der Waals surface area contributed by atoms with E-state index in [4.69, 9.17) is 6.42 Å². The molecule has 0 aromatic heterocycles. The van der Waals surface area contributed by atoms with Gasteiger partial charge in [0.25, 0.3) is 0 Å². The molecule has 68 valence electrons. The number of hydrogen-bond donors (Lipinski definition) is 1. The van der Waals surface area contributed by atoms with Gasteiger partial charge in [0.15, 0.2) is 0 Å². The quantitative estimate of drug-likeness (QED) is 0.668. The first-order valence-corrected chi connectivity index (χ1v) is 5.66. The van der Waals surface area contributed by atoms with Gasteiger partial charge in [0.2, 0.25) is 0 Å². The van der Waals surface area contributed by atoms with Crippen LogP contribution in [0.3, 0.4) is 0 Å². The molecule has 0 amide bonds. The lowest BCUT2D eigenvalue weighted by Crippen LogP contribution is -2.26. The third kappa shape index (κ3) is 3.08. The van der Waals surface area contributed by atoms with E-state index in [0.29, 0.717) is 0 Å². The predicted molar refractivity (Wildman–Crippen MR) is 56.4 cm³/mol. The zero-order valence-electron chi connectivity index (χ0n) is 7.68. The molecule has 1 atom stereocenters. The molecular weight excluding hydrogens is 166 g/mol. The summed E-state index contributed by atoms with van der Waals surface area (Å²) in [6, 6.07) is 0.260. The molecule has 1 nitrogen and oxygen atoms in total. The summed E-state index contributed by atoms with van der Waals surface area (Å²) in [7, 11) is 1.93. The molecule has 0 spiro atoms. The van der Waals surface area contributed by atoms with Gasteiger partial charge in [-0.05, 0) is 19.9 Å². The Labute approximate surface area is 79.7 Å². The Kier molecular flexibility index (Phi) is 4.57. The second-order valence-electron chi connectivity index (χ2n) is 3.25. The Morgan fingerprint density at radius 1 is 1.58 bits per heavy atom. The molecule has 0 aliphatic heterocycles. The van der Waals surface area contributed by atoms with E-state index < -0.39 is 0 Å². The molecule has 0 heterocycles. The number of terminal acetylenes is 1. The van der Waals surface area contributed by atoms with Crippen molar-refractivity contribution in [3.63, 3.8) is 0 Å². The lowest BCUT2D eigenvalue weighted by atomic mass is 10.4. The van der Waals surface area contributed by atoms with Crippen LogP contribution in [0.15, 0.2) is 0 Å². The van der Waals surface area contributed by atoms with Gasteiger partial charge < -0.3 is 5.32 Å². The molecule has 1 fully saturated rings. The zero-order valence-corrected chi connectivity index (χ0v) is 8.49. The fraction of sp³-hybridized carbons (Fsp3) is 0.800. The molecule has 0 aromatic carbocycles. The molecular formula is C10H17NS. The molecule has 1 aliphatic carbocycles. The summed E-state index contributed by atoms with van der Waals surface area (Å²) in [6.45, 7) is 0. The molecule has 1 saturated carbocycles. The van der Waals surface area contributed by atoms with Crippen LogP contribution in [0, 0.1) is 12.3 Å². The van der Waals surface area contributed by atoms with E-state index in [-0.39, 0.29) is 6.04 Å². The van der Waals surface area contributed by atoms with E-state index in [1.807, 2.05) is 18.8 Å². The fourth-order valence-electron chi connectivity index (χ4n) is 1.50. The Morgan fingerprint density at radius 2 is 2.25 bits per heavy atom. The van der Waals surface area contributed by atoms with Gasteiger partial charge in [-0.15, -0.1) is 6.42 Å². The number of hydrogen-bond acceptors (Lipinski definition) is 2. The van der Waals surface area contributed by atoms with Crippen molar-refractivity contribution in [3.05, 3.63) is 0 Å². The van der Waals surface area contributed by atoms with Crippen LogP contribution in [0.4, 0.5) is 0 Å². The van der Waals surface area contributed by atoms with Gasteiger partial charge in [0.05, 0.1) is 6.04 Å². The Bertz CT molecular complexity index is 156. The van der Waals surface area contributed by atoms with E-state index in [1.54, 1.807) is 0 Å². The molecule has 0 aromatic rings. The van der Waals surface area contributed by atoms with Crippen LogP contribution in [0.25, 0.3) is 0 Å². The summed E-state index contributed by atoms with van der Waals surface area (Å²) in [5.74, 6) is 3.81. The molecule has 0 radical (unpaired) electrons. The monoisotopic (exact) mass is 183 g/mol. The minimum absolute atomic E-state index is 0.260. The highest BCUT2D eigenvalue weighted by Crippen LogP contribution is 2.29. The average Bonchev–Trinajstić information content (AvgIpc) is 2.59. The minimum atomic E-state index is 0.260. The van der Waals surface area contributed by atoms with Gasteiger partial charge in [0, 0.05) is 11.0 Å². The van der Waals surface area contributed by atoms with Crippen LogP contribution in [-0.2, 0) is 0 Å². The van der Waals surface area contributed by atoms with Crippen LogP contribution in [-0.4, -0.2) is 24.1 Å². The molecule has 2 heteroatoms. The number of rotatable bonds is 4. The van der Waals surface area contributed by atoms with E-state index in [0.717, 1.165) is 11.0 Å². The van der Waals surface area contributed by atoms with E-state index in [2.05, 4.69) is 11.2 Å². The molecule has 1 aliphatic rings. The standard InChI is InChI=1S/C10H17NS/c1-3-9(11-2)8-12-10-6-4-5-7-10/h1,9-11H,4-8H2,2H3. The molecule has 1 unspecified atom stereocenters. The summed E-state index contributed by atoms with van der Waals surface area (Å²) < 4.78 is 0. The second-order valence-corrected chi connectivity index (χ2v) is 4.58. The van der Waals surface area contributed by atoms with Crippen molar-refractivity contribution >= 4 is 11.8 Å². The summed E-state index contributed by atoms with van der Waals surface area (Å²) >= 11 is 2.04. The maximum Gasteiger partial charge on any atom is 0.0776 e. The summed E-state index contributed by atoms with van der Waals surface area (Å²) in [5.41, 5.74) is 0. The van der Waals surface area contributed by atoms with Crippen LogP contribution < -0.4 is 5.32 Å². The van der Waals surface area contributed by atoms with Crippen LogP contribution in [0.5, 0.6) is 0 Å². The fourth-order valence-corrected chi connectivity index (χ4v) is 2.90. The summed E-state index contributed by atoms with van der Waals surface area (Å²) in [4.78, 5) is 0. The maximum absolute atomic E-state index is 5.34. The van der Waals surface area contributed by atoms with Crippen LogP contribution >= 0.6 is 11.8 Å². The van der Waals surface area contributed by atoms with Gasteiger partial charge in [-0.25, -0.2) is 0 Å². The summed E-state index contributed by atoms with van der Waals surface area (Å²) in [5, 5.41) is 4.00. The van der Waals surface area contributed by atoms with Crippen LogP contribution in [0.2, 0.25) is 0 Å². The van der Waals surface area contributed by atoms with Crippen molar-refractivity contribution < 1.29 is 0 Å². The van der Waals surface area contributed by atoms with Crippen LogP contribution in [0.1, 0.15) is 25.7 Å². The summed E-state index contributed by atoms with van der Waals surface area (Å²) in [6.07, 6.45) is 11.0. The van der Waals surface area contributed by atoms with Gasteiger partial charge in [-0.1, -0.05) is 18.8 Å². The van der Waals surface area contributed by atoms with E-state index in [1.165, 1.54) is 25.7 Å². The number of nitrogens with one attached hydrogen (secondary N) is 1. The van der Waals surface area contributed by atoms with Crippen molar-refractivity contribution in [1.29, 1.82) is 0 Å². The predicted octanol–water partition coefficient (Wildman–Crippen LogP) is 1.88. The van der Waals surface area contributed by atoms with Crippen molar-refractivity contribution in [2.24, 2.45) is 0 Å². The normalized spacial score (nSPS) is 20.7. The smallest absolute Gasteiger partial charge is 0.0776 e. The first-order valence-electron chi connectivity index (χ1n) is 4.62. The highest BCUT2D eigenvalue weighted by molar-refractivity contribution is 7.99. The molecule has 1 rings (SSSR count). The number of thioether (sulfide) groups is 1. The molecule has 1 N–H and O–H groups in total. The van der Waals surface area contributed by atoms with Gasteiger partial charge in [0.1, 0.15) is 0 Å². The Balaban J connectivity index is 2.11. The van der Waals surface area contributed by atoms with E-state index in [9.17, 15) is 0 Å². The van der Waals surface area contributed by atoms with Crippen molar-refractivity contribution in [2.75, 3.05) is 12.8 Å². The lowest BCUT2D eigenvalue weighted by molar-refractivity contribution is 0.755. The Hall–Kier alpha value is -0.130. The Morgan fingerprint density at radius 3 is 2.75 bits per heavy atom. The van der Waals surface area contributed by atoms with Gasteiger partial charge >= 0.3 is 0 Å². The van der Waals surface area contributed by atoms with E-state index >= 15 is 0 Å². The minimum Gasteiger partial charge on any atom is -0.306 e. The largest absolute Gasteiger partial charge is 0.306 e. The van der Waals surface area contributed by atoms with Gasteiger partial charge in [-0.3, -0.25) is 0 Å². The topological polar surface area (TPSA) is 12.0 Å². The van der Waals surface area contributed by atoms with Crippen molar-refractivity contribution in [1.82, 2.24) is 5.32 Å². The van der Waals surface area contributed by atoms with Crippen molar-refractivity contribution in [2.45, 2.75) is 37.0 Å². The average molecular weight is 183 g/mol. The first-order chi connectivity index (χ1) is 5.86. The third-order valence-electron chi connectivity index (χ3n) is 2.35. The molecule has 12 heavy (non-hydrogen) atoms. The zero-order chi connectivity index (χ0) is 8.81. The second kappa shape index (κ2) is 5.50. The van der Waals surface area contributed by atoms with Crippen molar-refractivity contribution in [3.8, 4) is 12.3 Å². The SMILES string of the molecule is C#CC(CSC1CCCC1)NC.